The zero-order valence-corrected chi connectivity index (χ0v) is 24.1. The number of nitrogens with zero attached hydrogens (tertiary/aromatic N) is 6. The Labute approximate surface area is 243 Å². The third kappa shape index (κ3) is 4.84. The highest BCUT2D eigenvalue weighted by Crippen LogP contribution is 2.38. The van der Waals surface area contributed by atoms with Crippen LogP contribution >= 0.6 is 0 Å². The molecule has 1 atom stereocenters. The molecule has 42 heavy (non-hydrogen) atoms. The van der Waals surface area contributed by atoms with E-state index in [1.165, 1.54) is 6.07 Å². The van der Waals surface area contributed by atoms with E-state index in [0.717, 1.165) is 69.0 Å². The maximum atomic E-state index is 15.1. The van der Waals surface area contributed by atoms with Crippen LogP contribution in [-0.4, -0.2) is 76.0 Å². The summed E-state index contributed by atoms with van der Waals surface area (Å²) in [6.07, 6.45) is 3.30. The summed E-state index contributed by atoms with van der Waals surface area (Å²) in [6, 6.07) is 9.92. The van der Waals surface area contributed by atoms with E-state index in [-0.39, 0.29) is 23.2 Å². The van der Waals surface area contributed by atoms with Crippen molar-refractivity contribution in [2.45, 2.75) is 51.7 Å². The van der Waals surface area contributed by atoms with Gasteiger partial charge in [-0.1, -0.05) is 0 Å². The summed E-state index contributed by atoms with van der Waals surface area (Å²) in [7, 11) is 0. The number of benzene rings is 2. The second-order valence-electron chi connectivity index (χ2n) is 11.6. The Morgan fingerprint density at radius 3 is 2.64 bits per heavy atom. The molecular formula is C31H35F2N7O2. The molecule has 0 unspecified atom stereocenters. The summed E-state index contributed by atoms with van der Waals surface area (Å²) in [4.78, 5) is 18.0. The minimum absolute atomic E-state index is 0.0157. The fourth-order valence-electron chi connectivity index (χ4n) is 6.67. The van der Waals surface area contributed by atoms with Crippen molar-refractivity contribution in [2.75, 3.05) is 49.7 Å². The molecule has 0 radical (unpaired) electrons. The maximum absolute atomic E-state index is 15.1. The molecule has 0 spiro atoms. The molecule has 2 fully saturated rings. The van der Waals surface area contributed by atoms with Crippen LogP contribution in [0.25, 0.3) is 22.3 Å². The number of halogens is 2. The first-order chi connectivity index (χ1) is 20.4. The number of ether oxygens (including phenoxy) is 2. The largest absolute Gasteiger partial charge is 0.489 e. The fraction of sp³-hybridized carbons (Fsp3) is 0.452. The van der Waals surface area contributed by atoms with Crippen LogP contribution < -0.4 is 15.0 Å². The molecule has 3 aliphatic heterocycles. The number of imidazole rings is 1. The molecule has 5 heterocycles. The van der Waals surface area contributed by atoms with E-state index in [2.05, 4.69) is 36.1 Å². The maximum Gasteiger partial charge on any atom is 0.227 e. The van der Waals surface area contributed by atoms with Crippen LogP contribution in [0.1, 0.15) is 38.6 Å². The van der Waals surface area contributed by atoms with Gasteiger partial charge in [0, 0.05) is 62.2 Å². The van der Waals surface area contributed by atoms with Crippen molar-refractivity contribution in [1.82, 2.24) is 24.4 Å². The van der Waals surface area contributed by atoms with Crippen molar-refractivity contribution in [3.8, 4) is 17.0 Å². The second-order valence-corrected chi connectivity index (χ2v) is 11.6. The van der Waals surface area contributed by atoms with E-state index < -0.39 is 11.6 Å². The van der Waals surface area contributed by atoms with Crippen molar-refractivity contribution in [3.05, 3.63) is 54.0 Å². The van der Waals surface area contributed by atoms with E-state index in [4.69, 9.17) is 9.47 Å². The summed E-state index contributed by atoms with van der Waals surface area (Å²) in [5, 5.41) is 3.18. The van der Waals surface area contributed by atoms with E-state index in [1.807, 2.05) is 37.5 Å². The number of aryl methyl sites for hydroxylation is 1. The number of aromatic nitrogens is 4. The van der Waals surface area contributed by atoms with Gasteiger partial charge in [0.05, 0.1) is 23.4 Å². The van der Waals surface area contributed by atoms with Gasteiger partial charge in [-0.25, -0.2) is 23.7 Å². The lowest BCUT2D eigenvalue weighted by Crippen LogP contribution is -2.59. The minimum atomic E-state index is -0.633. The molecule has 0 saturated carbocycles. The Morgan fingerprint density at radius 1 is 1.00 bits per heavy atom. The molecule has 2 aromatic carbocycles. The van der Waals surface area contributed by atoms with Gasteiger partial charge < -0.3 is 24.3 Å². The average Bonchev–Trinajstić information content (AvgIpc) is 3.34. The van der Waals surface area contributed by atoms with Gasteiger partial charge in [-0.05, 0) is 57.9 Å². The average molecular weight is 576 g/mol. The van der Waals surface area contributed by atoms with Gasteiger partial charge in [0.25, 0.3) is 0 Å². The predicted molar refractivity (Wildman–Crippen MR) is 158 cm³/mol. The Morgan fingerprint density at radius 2 is 1.83 bits per heavy atom. The zero-order chi connectivity index (χ0) is 29.0. The second kappa shape index (κ2) is 10.8. The highest BCUT2D eigenvalue weighted by molar-refractivity contribution is 5.83. The highest BCUT2D eigenvalue weighted by Gasteiger charge is 2.35. The first-order valence-corrected chi connectivity index (χ1v) is 14.7. The summed E-state index contributed by atoms with van der Waals surface area (Å²) in [6.45, 7) is 11.1. The first kappa shape index (κ1) is 27.0. The molecule has 11 heteroatoms. The Kier molecular flexibility index (Phi) is 6.94. The highest BCUT2D eigenvalue weighted by atomic mass is 19.1. The Balaban J connectivity index is 1.12. The third-order valence-corrected chi connectivity index (χ3v) is 8.64. The molecule has 3 aliphatic rings. The summed E-state index contributed by atoms with van der Waals surface area (Å²) >= 11 is 0. The van der Waals surface area contributed by atoms with Crippen LogP contribution in [0.5, 0.6) is 5.75 Å². The Hall–Kier alpha value is -3.83. The molecule has 0 amide bonds. The van der Waals surface area contributed by atoms with Gasteiger partial charge in [-0.3, -0.25) is 4.90 Å². The van der Waals surface area contributed by atoms with Gasteiger partial charge in [0.2, 0.25) is 5.95 Å². The molecule has 0 aliphatic carbocycles. The van der Waals surface area contributed by atoms with Gasteiger partial charge in [-0.15, -0.1) is 0 Å². The minimum Gasteiger partial charge on any atom is -0.489 e. The van der Waals surface area contributed by atoms with Crippen LogP contribution in [0.4, 0.5) is 26.1 Å². The molecule has 9 nitrogen and oxygen atoms in total. The lowest BCUT2D eigenvalue weighted by molar-refractivity contribution is 0.0231. The van der Waals surface area contributed by atoms with Crippen LogP contribution in [0.2, 0.25) is 0 Å². The molecule has 1 N–H and O–H groups in total. The van der Waals surface area contributed by atoms with Gasteiger partial charge in [0.15, 0.2) is 11.6 Å². The zero-order valence-electron chi connectivity index (χ0n) is 24.1. The summed E-state index contributed by atoms with van der Waals surface area (Å²) < 4.78 is 43.8. The van der Waals surface area contributed by atoms with Crippen molar-refractivity contribution in [2.24, 2.45) is 0 Å². The topological polar surface area (TPSA) is 80.6 Å². The standard InChI is InChI=1S/C31H35F2N7O2/c1-18(2)40-19(3)35-30-24(32)12-20(13-27(30)40)29-25(33)15-34-31(37-29)36-21-4-5-26-28(14-21)42-17-23-16-38(8-9-39(23)26)22-6-10-41-11-7-22/h4-5,12-15,18,22-23H,6-11,16-17H2,1-3H3,(H,34,36,37)/t23-/m1/s1. The first-order valence-electron chi connectivity index (χ1n) is 14.7. The lowest BCUT2D eigenvalue weighted by atomic mass is 10.0. The molecule has 0 bridgehead atoms. The third-order valence-electron chi connectivity index (χ3n) is 8.64. The monoisotopic (exact) mass is 575 g/mol. The van der Waals surface area contributed by atoms with Crippen molar-refractivity contribution >= 4 is 28.4 Å². The number of piperazine rings is 1. The van der Waals surface area contributed by atoms with Crippen LogP contribution in [0, 0.1) is 18.6 Å². The molecule has 4 aromatic rings. The van der Waals surface area contributed by atoms with Gasteiger partial charge >= 0.3 is 0 Å². The lowest BCUT2D eigenvalue weighted by Gasteiger charge is -2.48. The molecule has 2 aromatic heterocycles. The van der Waals surface area contributed by atoms with E-state index in [9.17, 15) is 4.39 Å². The molecule has 220 valence electrons. The normalized spacial score (nSPS) is 19.6. The van der Waals surface area contributed by atoms with Crippen LogP contribution in [0.3, 0.4) is 0 Å². The quantitative estimate of drug-likeness (QED) is 0.336. The van der Waals surface area contributed by atoms with Crippen molar-refractivity contribution in [1.29, 1.82) is 0 Å². The van der Waals surface area contributed by atoms with Crippen molar-refractivity contribution in [3.63, 3.8) is 0 Å². The summed E-state index contributed by atoms with van der Waals surface area (Å²) in [5.41, 5.74) is 3.00. The predicted octanol–water partition coefficient (Wildman–Crippen LogP) is 5.47. The van der Waals surface area contributed by atoms with Crippen LogP contribution in [-0.2, 0) is 4.74 Å². The smallest absolute Gasteiger partial charge is 0.227 e. The number of hydrogen-bond acceptors (Lipinski definition) is 8. The Bertz CT molecular complexity index is 1640. The van der Waals surface area contributed by atoms with E-state index >= 15 is 4.39 Å². The number of hydrogen-bond donors (Lipinski definition) is 1. The number of anilines is 3. The van der Waals surface area contributed by atoms with E-state index in [1.54, 1.807) is 6.07 Å². The number of fused-ring (bicyclic) bond motifs is 4. The number of rotatable bonds is 5. The molecule has 2 saturated heterocycles. The van der Waals surface area contributed by atoms with Gasteiger partial charge in [-0.2, -0.15) is 0 Å². The van der Waals surface area contributed by atoms with Crippen LogP contribution in [0.15, 0.2) is 36.5 Å². The fourth-order valence-corrected chi connectivity index (χ4v) is 6.67. The van der Waals surface area contributed by atoms with Crippen molar-refractivity contribution < 1.29 is 18.3 Å². The molecule has 7 rings (SSSR count). The summed E-state index contributed by atoms with van der Waals surface area (Å²) in [5.74, 6) is 0.549. The molecular weight excluding hydrogens is 540 g/mol. The van der Waals surface area contributed by atoms with E-state index in [0.29, 0.717) is 35.6 Å². The SMILES string of the molecule is Cc1nc2c(F)cc(-c3nc(Nc4ccc5c(c4)OC[C@H]4CN(C6CCOCC6)CCN54)ncc3F)cc2n1C(C)C. The number of nitrogens with one attached hydrogen (secondary N) is 1. The van der Waals surface area contributed by atoms with Gasteiger partial charge in [0.1, 0.15) is 29.4 Å².